The fourth-order valence-electron chi connectivity index (χ4n) is 0.969. The van der Waals surface area contributed by atoms with E-state index in [9.17, 15) is 4.79 Å². The van der Waals surface area contributed by atoms with Crippen LogP contribution >= 0.6 is 23.2 Å². The summed E-state index contributed by atoms with van der Waals surface area (Å²) >= 11 is 11.2. The van der Waals surface area contributed by atoms with Crippen LogP contribution in [-0.2, 0) is 4.79 Å². The molecule has 1 N–H and O–H groups in total. The number of carbonyl (C=O) groups excluding carboxylic acids is 1. The summed E-state index contributed by atoms with van der Waals surface area (Å²) in [7, 11) is 1.50. The Balaban J connectivity index is 2.98. The lowest BCUT2D eigenvalue weighted by molar-refractivity contribution is -0.113. The van der Waals surface area contributed by atoms with Gasteiger partial charge in [-0.3, -0.25) is 4.79 Å². The van der Waals surface area contributed by atoms with Gasteiger partial charge in [0.25, 0.3) is 0 Å². The van der Waals surface area contributed by atoms with E-state index in [2.05, 4.69) is 5.32 Å². The SMILES string of the molecule is COc1cccc(Cl)c1NC(=O)CCl. The Bertz CT molecular complexity index is 342. The molecule has 0 atom stereocenters. The second-order valence-corrected chi connectivity index (χ2v) is 3.17. The van der Waals surface area contributed by atoms with E-state index < -0.39 is 0 Å². The molecule has 76 valence electrons. The Morgan fingerprint density at radius 2 is 2.29 bits per heavy atom. The highest BCUT2D eigenvalue weighted by Gasteiger charge is 2.09. The van der Waals surface area contributed by atoms with Crippen LogP contribution in [0.2, 0.25) is 5.02 Å². The first-order valence-electron chi connectivity index (χ1n) is 3.87. The summed E-state index contributed by atoms with van der Waals surface area (Å²) < 4.78 is 5.03. The number of methoxy groups -OCH3 is 1. The van der Waals surface area contributed by atoms with Crippen LogP contribution in [0.15, 0.2) is 18.2 Å². The molecule has 0 fully saturated rings. The number of ether oxygens (including phenoxy) is 1. The van der Waals surface area contributed by atoms with Crippen molar-refractivity contribution in [3.8, 4) is 5.75 Å². The second kappa shape index (κ2) is 5.08. The molecule has 0 saturated carbocycles. The molecule has 3 nitrogen and oxygen atoms in total. The molecule has 0 saturated heterocycles. The fraction of sp³-hybridized carbons (Fsp3) is 0.222. The minimum absolute atomic E-state index is 0.117. The van der Waals surface area contributed by atoms with E-state index in [1.54, 1.807) is 18.2 Å². The van der Waals surface area contributed by atoms with E-state index in [-0.39, 0.29) is 11.8 Å². The summed E-state index contributed by atoms with van der Waals surface area (Å²) in [4.78, 5) is 11.0. The van der Waals surface area contributed by atoms with Gasteiger partial charge in [-0.15, -0.1) is 11.6 Å². The molecule has 1 amide bonds. The Morgan fingerprint density at radius 3 is 2.86 bits per heavy atom. The number of para-hydroxylation sites is 1. The van der Waals surface area contributed by atoms with Crippen LogP contribution in [0.1, 0.15) is 0 Å². The van der Waals surface area contributed by atoms with Crippen molar-refractivity contribution in [3.05, 3.63) is 23.2 Å². The maximum absolute atomic E-state index is 11.0. The van der Waals surface area contributed by atoms with Crippen molar-refractivity contribution in [1.82, 2.24) is 0 Å². The van der Waals surface area contributed by atoms with Crippen LogP contribution < -0.4 is 10.1 Å². The number of rotatable bonds is 3. The lowest BCUT2D eigenvalue weighted by Crippen LogP contribution is -2.13. The van der Waals surface area contributed by atoms with Crippen molar-refractivity contribution in [2.24, 2.45) is 0 Å². The maximum Gasteiger partial charge on any atom is 0.239 e. The van der Waals surface area contributed by atoms with Crippen molar-refractivity contribution in [3.63, 3.8) is 0 Å². The lowest BCUT2D eigenvalue weighted by Gasteiger charge is -2.10. The van der Waals surface area contributed by atoms with Crippen molar-refractivity contribution in [2.45, 2.75) is 0 Å². The van der Waals surface area contributed by atoms with Crippen molar-refractivity contribution >= 4 is 34.8 Å². The van der Waals surface area contributed by atoms with Gasteiger partial charge in [-0.2, -0.15) is 0 Å². The molecule has 0 aliphatic heterocycles. The summed E-state index contributed by atoms with van der Waals surface area (Å²) in [5, 5.41) is 2.97. The first-order chi connectivity index (χ1) is 6.69. The van der Waals surface area contributed by atoms with Crippen LogP contribution in [0.5, 0.6) is 5.75 Å². The number of carbonyl (C=O) groups is 1. The van der Waals surface area contributed by atoms with E-state index in [0.29, 0.717) is 16.5 Å². The number of halogens is 2. The number of benzene rings is 1. The van der Waals surface area contributed by atoms with Crippen LogP contribution in [0.4, 0.5) is 5.69 Å². The molecule has 0 aliphatic rings. The Labute approximate surface area is 92.0 Å². The van der Waals surface area contributed by atoms with Gasteiger partial charge in [0.2, 0.25) is 5.91 Å². The van der Waals surface area contributed by atoms with Gasteiger partial charge >= 0.3 is 0 Å². The largest absolute Gasteiger partial charge is 0.495 e. The number of nitrogens with one attached hydrogen (secondary N) is 1. The summed E-state index contributed by atoms with van der Waals surface area (Å²) in [5.41, 5.74) is 0.447. The van der Waals surface area contributed by atoms with E-state index in [1.165, 1.54) is 7.11 Å². The molecule has 0 aliphatic carbocycles. The predicted octanol–water partition coefficient (Wildman–Crippen LogP) is 2.53. The average Bonchev–Trinajstić information content (AvgIpc) is 2.20. The number of amides is 1. The molecule has 1 aromatic rings. The van der Waals surface area contributed by atoms with Crippen LogP contribution in [0, 0.1) is 0 Å². The fourth-order valence-corrected chi connectivity index (χ4v) is 1.25. The number of hydrogen-bond acceptors (Lipinski definition) is 2. The molecule has 0 heterocycles. The van der Waals surface area contributed by atoms with Gasteiger partial charge in [-0.1, -0.05) is 17.7 Å². The monoisotopic (exact) mass is 233 g/mol. The normalized spacial score (nSPS) is 9.64. The summed E-state index contributed by atoms with van der Waals surface area (Å²) in [6.45, 7) is 0. The Kier molecular flexibility index (Phi) is 4.04. The van der Waals surface area contributed by atoms with E-state index >= 15 is 0 Å². The number of alkyl halides is 1. The van der Waals surface area contributed by atoms with Crippen LogP contribution in [0.3, 0.4) is 0 Å². The summed E-state index contributed by atoms with van der Waals surface area (Å²) in [6, 6.07) is 5.10. The zero-order valence-corrected chi connectivity index (χ0v) is 9.02. The first-order valence-corrected chi connectivity index (χ1v) is 4.78. The standard InChI is InChI=1S/C9H9Cl2NO2/c1-14-7-4-2-3-6(11)9(7)12-8(13)5-10/h2-4H,5H2,1H3,(H,12,13). The van der Waals surface area contributed by atoms with E-state index in [1.807, 2.05) is 0 Å². The first kappa shape index (κ1) is 11.1. The topological polar surface area (TPSA) is 38.3 Å². The molecule has 5 heteroatoms. The lowest BCUT2D eigenvalue weighted by atomic mass is 10.3. The second-order valence-electron chi connectivity index (χ2n) is 2.50. The van der Waals surface area contributed by atoms with E-state index in [0.717, 1.165) is 0 Å². The van der Waals surface area contributed by atoms with Gasteiger partial charge in [0, 0.05) is 0 Å². The van der Waals surface area contributed by atoms with Gasteiger partial charge in [0.05, 0.1) is 12.1 Å². The minimum Gasteiger partial charge on any atom is -0.495 e. The molecular weight excluding hydrogens is 225 g/mol. The van der Waals surface area contributed by atoms with Crippen LogP contribution in [0.25, 0.3) is 0 Å². The molecule has 1 rings (SSSR count). The third kappa shape index (κ3) is 2.53. The van der Waals surface area contributed by atoms with Gasteiger partial charge in [-0.05, 0) is 12.1 Å². The Morgan fingerprint density at radius 1 is 1.57 bits per heavy atom. The molecule has 0 aromatic heterocycles. The van der Waals surface area contributed by atoms with Crippen molar-refractivity contribution < 1.29 is 9.53 Å². The van der Waals surface area contributed by atoms with Gasteiger partial charge < -0.3 is 10.1 Å². The number of anilines is 1. The molecule has 0 unspecified atom stereocenters. The zero-order valence-electron chi connectivity index (χ0n) is 7.51. The molecule has 0 spiro atoms. The highest BCUT2D eigenvalue weighted by molar-refractivity contribution is 6.35. The third-order valence-electron chi connectivity index (χ3n) is 1.58. The smallest absolute Gasteiger partial charge is 0.239 e. The Hall–Kier alpha value is -0.930. The summed E-state index contributed by atoms with van der Waals surface area (Å²) in [6.07, 6.45) is 0. The van der Waals surface area contributed by atoms with Gasteiger partial charge in [-0.25, -0.2) is 0 Å². The molecular formula is C9H9Cl2NO2. The number of hydrogen-bond donors (Lipinski definition) is 1. The van der Waals surface area contributed by atoms with Crippen molar-refractivity contribution in [1.29, 1.82) is 0 Å². The van der Waals surface area contributed by atoms with E-state index in [4.69, 9.17) is 27.9 Å². The predicted molar refractivity (Wildman–Crippen MR) is 57.4 cm³/mol. The zero-order chi connectivity index (χ0) is 10.6. The average molecular weight is 234 g/mol. The molecule has 0 radical (unpaired) electrons. The highest BCUT2D eigenvalue weighted by Crippen LogP contribution is 2.31. The van der Waals surface area contributed by atoms with Crippen molar-refractivity contribution in [2.75, 3.05) is 18.3 Å². The third-order valence-corrected chi connectivity index (χ3v) is 2.14. The highest BCUT2D eigenvalue weighted by atomic mass is 35.5. The van der Waals surface area contributed by atoms with Crippen LogP contribution in [-0.4, -0.2) is 18.9 Å². The van der Waals surface area contributed by atoms with Gasteiger partial charge in [0.1, 0.15) is 17.3 Å². The minimum atomic E-state index is -0.321. The maximum atomic E-state index is 11.0. The quantitative estimate of drug-likeness (QED) is 0.816. The summed E-state index contributed by atoms with van der Waals surface area (Å²) in [5.74, 6) is 0.0722. The molecule has 0 bridgehead atoms. The van der Waals surface area contributed by atoms with Gasteiger partial charge in [0.15, 0.2) is 0 Å². The molecule has 14 heavy (non-hydrogen) atoms. The molecule has 1 aromatic carbocycles.